The molecule has 10 heteroatoms. The van der Waals surface area contributed by atoms with E-state index in [9.17, 15) is 9.59 Å². The number of allylic oxidation sites excluding steroid dienone is 2. The average Bonchev–Trinajstić information content (AvgIpc) is 3.11. The van der Waals surface area contributed by atoms with Crippen LogP contribution in [0.25, 0.3) is 0 Å². The quantitative estimate of drug-likeness (QED) is 0.120. The van der Waals surface area contributed by atoms with Crippen LogP contribution in [0.3, 0.4) is 0 Å². The summed E-state index contributed by atoms with van der Waals surface area (Å²) >= 11 is 4.26. The van der Waals surface area contributed by atoms with E-state index in [2.05, 4.69) is 121 Å². The first kappa shape index (κ1) is 42.0. The van der Waals surface area contributed by atoms with Gasteiger partial charge in [-0.2, -0.15) is 0 Å². The minimum absolute atomic E-state index is 0.0707. The lowest BCUT2D eigenvalue weighted by molar-refractivity contribution is -0.117. The van der Waals surface area contributed by atoms with Crippen molar-refractivity contribution in [2.75, 3.05) is 27.4 Å². The second-order valence-corrected chi connectivity index (χ2v) is 15.6. The van der Waals surface area contributed by atoms with Gasteiger partial charge in [0.1, 0.15) is 11.7 Å². The zero-order chi connectivity index (χ0) is 36.8. The van der Waals surface area contributed by atoms with E-state index in [1.807, 2.05) is 48.8 Å². The molecule has 0 radical (unpaired) electrons. The van der Waals surface area contributed by atoms with Gasteiger partial charge in [0.15, 0.2) is 11.6 Å². The molecule has 2 aromatic rings. The third kappa shape index (κ3) is 11.8. The summed E-state index contributed by atoms with van der Waals surface area (Å²) in [6.07, 6.45) is 6.78. The Kier molecular flexibility index (Phi) is 17.8. The summed E-state index contributed by atoms with van der Waals surface area (Å²) < 4.78 is 12.3. The molecule has 0 aromatic heterocycles. The maximum atomic E-state index is 12.1. The van der Waals surface area contributed by atoms with Crippen LogP contribution in [0.5, 0.6) is 0 Å². The standard InChI is InChI=1S/2C20H27IN2O2/c2*1-5-16-11-19(24)17(21)12-23(16)20(15-9-7-6-8-10-15)22-18(13-25-4)14(2)3/h2*6-10,12,14,16,18H,5,11,13H2,1-4H3/t2*16-,18-/m11/s1. The average molecular weight is 909 g/mol. The lowest BCUT2D eigenvalue weighted by atomic mass is 10.0. The highest BCUT2D eigenvalue weighted by atomic mass is 127. The molecule has 0 unspecified atom stereocenters. The topological polar surface area (TPSA) is 83.8 Å². The van der Waals surface area contributed by atoms with E-state index in [1.165, 1.54) is 0 Å². The van der Waals surface area contributed by atoms with Crippen molar-refractivity contribution in [1.29, 1.82) is 0 Å². The van der Waals surface area contributed by atoms with Gasteiger partial charge in [0, 0.05) is 62.7 Å². The molecule has 8 nitrogen and oxygen atoms in total. The number of carbonyl (C=O) groups excluding carboxylic acids is 2. The summed E-state index contributed by atoms with van der Waals surface area (Å²) in [6.45, 7) is 14.0. The van der Waals surface area contributed by atoms with Crippen molar-refractivity contribution >= 4 is 68.4 Å². The Hall–Kier alpha value is -2.42. The molecule has 50 heavy (non-hydrogen) atoms. The molecule has 4 atom stereocenters. The predicted molar refractivity (Wildman–Crippen MR) is 222 cm³/mol. The van der Waals surface area contributed by atoms with Crippen LogP contribution >= 0.6 is 45.2 Å². The van der Waals surface area contributed by atoms with Gasteiger partial charge in [-0.3, -0.25) is 19.6 Å². The highest BCUT2D eigenvalue weighted by Crippen LogP contribution is 2.28. The third-order valence-electron chi connectivity index (χ3n) is 8.95. The lowest BCUT2D eigenvalue weighted by Gasteiger charge is -2.35. The van der Waals surface area contributed by atoms with Crippen molar-refractivity contribution in [2.45, 2.75) is 91.4 Å². The molecule has 0 saturated carbocycles. The number of ether oxygens (including phenoxy) is 2. The fraction of sp³-hybridized carbons (Fsp3) is 0.500. The van der Waals surface area contributed by atoms with Gasteiger partial charge in [0.2, 0.25) is 0 Å². The minimum atomic E-state index is 0.0707. The van der Waals surface area contributed by atoms with Crippen LogP contribution in [0.15, 0.2) is 90.2 Å². The minimum Gasteiger partial charge on any atom is -0.382 e. The van der Waals surface area contributed by atoms with E-state index in [0.717, 1.165) is 42.8 Å². The van der Waals surface area contributed by atoms with Gasteiger partial charge in [-0.05, 0) is 69.9 Å². The van der Waals surface area contributed by atoms with Crippen LogP contribution in [-0.2, 0) is 19.1 Å². The smallest absolute Gasteiger partial charge is 0.172 e. The van der Waals surface area contributed by atoms with Crippen molar-refractivity contribution in [3.05, 3.63) is 91.4 Å². The highest BCUT2D eigenvalue weighted by molar-refractivity contribution is 14.1. The summed E-state index contributed by atoms with van der Waals surface area (Å²) in [5.41, 5.74) is 2.13. The van der Waals surface area contributed by atoms with E-state index in [0.29, 0.717) is 37.9 Å². The van der Waals surface area contributed by atoms with Gasteiger partial charge >= 0.3 is 0 Å². The van der Waals surface area contributed by atoms with E-state index in [4.69, 9.17) is 19.5 Å². The number of ketones is 2. The number of aliphatic imine (C=N–C) groups is 2. The molecule has 0 spiro atoms. The number of benzene rings is 2. The Morgan fingerprint density at radius 2 is 1.02 bits per heavy atom. The maximum absolute atomic E-state index is 12.1. The molecule has 4 rings (SSSR count). The number of amidine groups is 2. The van der Waals surface area contributed by atoms with Gasteiger partial charge in [-0.25, -0.2) is 0 Å². The van der Waals surface area contributed by atoms with Gasteiger partial charge in [-0.1, -0.05) is 102 Å². The summed E-state index contributed by atoms with van der Waals surface area (Å²) in [5, 5.41) is 0. The molecule has 0 saturated heterocycles. The molecular weight excluding hydrogens is 854 g/mol. The monoisotopic (exact) mass is 908 g/mol. The van der Waals surface area contributed by atoms with Crippen molar-refractivity contribution < 1.29 is 19.1 Å². The fourth-order valence-electron chi connectivity index (χ4n) is 5.74. The van der Waals surface area contributed by atoms with Crippen LogP contribution in [-0.4, -0.2) is 84.6 Å². The molecule has 272 valence electrons. The fourth-order valence-corrected chi connectivity index (χ4v) is 6.78. The summed E-state index contributed by atoms with van der Waals surface area (Å²) in [6, 6.07) is 20.8. The molecule has 0 fully saturated rings. The molecule has 2 heterocycles. The molecule has 2 aliphatic rings. The van der Waals surface area contributed by atoms with Gasteiger partial charge in [-0.15, -0.1) is 0 Å². The predicted octanol–water partition coefficient (Wildman–Crippen LogP) is 8.87. The first-order valence-electron chi connectivity index (χ1n) is 17.6. The van der Waals surface area contributed by atoms with E-state index < -0.39 is 0 Å². The Bertz CT molecular complexity index is 1390. The summed E-state index contributed by atoms with van der Waals surface area (Å²) in [7, 11) is 3.43. The van der Waals surface area contributed by atoms with Crippen LogP contribution in [0.2, 0.25) is 0 Å². The summed E-state index contributed by atoms with van der Waals surface area (Å²) in [4.78, 5) is 38.8. The van der Waals surface area contributed by atoms with Crippen LogP contribution in [0.4, 0.5) is 0 Å². The first-order valence-corrected chi connectivity index (χ1v) is 19.7. The zero-order valence-electron chi connectivity index (χ0n) is 30.8. The van der Waals surface area contributed by atoms with Gasteiger partial charge in [0.05, 0.1) is 32.5 Å². The van der Waals surface area contributed by atoms with Crippen LogP contribution in [0.1, 0.15) is 78.4 Å². The summed E-state index contributed by atoms with van der Waals surface area (Å²) in [5.74, 6) is 3.01. The van der Waals surface area contributed by atoms with Gasteiger partial charge in [0.25, 0.3) is 0 Å². The Morgan fingerprint density at radius 1 is 0.680 bits per heavy atom. The molecule has 2 aromatic carbocycles. The Labute approximate surface area is 327 Å². The maximum Gasteiger partial charge on any atom is 0.172 e. The second-order valence-electron chi connectivity index (χ2n) is 13.3. The Morgan fingerprint density at radius 3 is 1.30 bits per heavy atom. The number of Topliss-reactive ketones (excluding diaryl/α,β-unsaturated/α-hetero) is 2. The number of hydrogen-bond acceptors (Lipinski definition) is 6. The molecule has 2 aliphatic heterocycles. The molecule has 0 amide bonds. The molecule has 0 bridgehead atoms. The second kappa shape index (κ2) is 21.2. The number of hydrogen-bond donors (Lipinski definition) is 0. The number of nitrogens with zero attached hydrogens (tertiary/aromatic N) is 4. The highest BCUT2D eigenvalue weighted by Gasteiger charge is 2.31. The Balaban J connectivity index is 0.000000270. The van der Waals surface area contributed by atoms with E-state index >= 15 is 0 Å². The van der Waals surface area contributed by atoms with Gasteiger partial charge < -0.3 is 19.3 Å². The molecule has 0 aliphatic carbocycles. The first-order chi connectivity index (χ1) is 23.9. The normalized spacial score (nSPS) is 20.0. The van der Waals surface area contributed by atoms with Crippen molar-refractivity contribution in [1.82, 2.24) is 9.80 Å². The third-order valence-corrected chi connectivity index (χ3v) is 10.7. The van der Waals surface area contributed by atoms with Crippen molar-refractivity contribution in [3.63, 3.8) is 0 Å². The lowest BCUT2D eigenvalue weighted by Crippen LogP contribution is -2.42. The molecular formula is C40H54I2N4O4. The SMILES string of the molecule is CC[C@@H]1CC(=O)C(I)=CN1C(=N[C@H](COC)C(C)C)c1ccccc1.CC[C@@H]1CC(=O)C(I)=CN1C(=N[C@H](COC)C(C)C)c1ccccc1. The van der Waals surface area contributed by atoms with Crippen molar-refractivity contribution in [3.8, 4) is 0 Å². The number of carbonyl (C=O) groups is 2. The number of rotatable bonds is 12. The largest absolute Gasteiger partial charge is 0.382 e. The number of halogens is 2. The van der Waals surface area contributed by atoms with Crippen molar-refractivity contribution in [2.24, 2.45) is 21.8 Å². The number of methoxy groups -OCH3 is 2. The zero-order valence-corrected chi connectivity index (χ0v) is 35.1. The van der Waals surface area contributed by atoms with E-state index in [1.54, 1.807) is 14.2 Å². The van der Waals surface area contributed by atoms with Crippen LogP contribution in [0, 0.1) is 11.8 Å². The van der Waals surface area contributed by atoms with E-state index in [-0.39, 0.29) is 35.7 Å². The molecule has 0 N–H and O–H groups in total. The van der Waals surface area contributed by atoms with Crippen LogP contribution < -0.4 is 0 Å².